The van der Waals surface area contributed by atoms with Crippen LogP contribution < -0.4 is 9.47 Å². The average molecular weight is 484 g/mol. The lowest BCUT2D eigenvalue weighted by atomic mass is 9.88. The summed E-state index contributed by atoms with van der Waals surface area (Å²) in [5.41, 5.74) is 5.88. The molecule has 0 amide bonds. The molecule has 1 heterocycles. The predicted molar refractivity (Wildman–Crippen MR) is 147 cm³/mol. The molecule has 4 nitrogen and oxygen atoms in total. The van der Waals surface area contributed by atoms with E-state index >= 15 is 0 Å². The number of esters is 1. The zero-order chi connectivity index (χ0) is 25.2. The van der Waals surface area contributed by atoms with E-state index in [2.05, 4.69) is 60.4 Å². The highest BCUT2D eigenvalue weighted by atomic mass is 16.5. The van der Waals surface area contributed by atoms with Crippen molar-refractivity contribution < 1.29 is 14.3 Å². The van der Waals surface area contributed by atoms with Crippen LogP contribution in [0.2, 0.25) is 0 Å². The molecule has 0 aliphatic carbocycles. The van der Waals surface area contributed by atoms with E-state index in [1.807, 2.05) is 30.3 Å². The molecule has 0 bridgehead atoms. The second-order valence-corrected chi connectivity index (χ2v) is 9.20. The Hall–Kier alpha value is -3.37. The van der Waals surface area contributed by atoms with Crippen molar-refractivity contribution in [1.82, 2.24) is 4.90 Å². The van der Waals surface area contributed by atoms with Crippen LogP contribution in [0.3, 0.4) is 0 Å². The number of carbonyl (C=O) groups excluding carboxylic acids is 1. The van der Waals surface area contributed by atoms with Gasteiger partial charge in [0.1, 0.15) is 18.1 Å². The van der Waals surface area contributed by atoms with Crippen molar-refractivity contribution in [3.05, 3.63) is 95.6 Å². The molecule has 3 aromatic rings. The molecule has 1 aliphatic rings. The number of allylic oxidation sites excluding steroid dienone is 1. The minimum absolute atomic E-state index is 0.229. The number of rotatable bonds is 10. The Kier molecular flexibility index (Phi) is 9.34. The SMILES string of the molecule is CCC(=O)Oc1ccc(/C(=C(/CC)c2ccccc2)c2ccc(OCCN3CCCCC3)cc2)cc1. The van der Waals surface area contributed by atoms with Gasteiger partial charge >= 0.3 is 5.97 Å². The summed E-state index contributed by atoms with van der Waals surface area (Å²) in [5.74, 6) is 1.24. The maximum absolute atomic E-state index is 11.7. The van der Waals surface area contributed by atoms with Gasteiger partial charge in [-0.25, -0.2) is 0 Å². The Bertz CT molecular complexity index is 1130. The molecule has 1 saturated heterocycles. The van der Waals surface area contributed by atoms with E-state index in [1.54, 1.807) is 6.92 Å². The second kappa shape index (κ2) is 13.1. The molecule has 4 rings (SSSR count). The maximum atomic E-state index is 11.7. The van der Waals surface area contributed by atoms with Gasteiger partial charge in [-0.3, -0.25) is 9.69 Å². The zero-order valence-corrected chi connectivity index (χ0v) is 21.5. The molecule has 0 saturated carbocycles. The van der Waals surface area contributed by atoms with E-state index in [9.17, 15) is 4.79 Å². The van der Waals surface area contributed by atoms with Crippen LogP contribution in [-0.4, -0.2) is 37.1 Å². The van der Waals surface area contributed by atoms with E-state index in [0.29, 0.717) is 18.8 Å². The van der Waals surface area contributed by atoms with Gasteiger partial charge in [0.05, 0.1) is 0 Å². The Morgan fingerprint density at radius 2 is 1.33 bits per heavy atom. The van der Waals surface area contributed by atoms with Crippen molar-refractivity contribution in [3.63, 3.8) is 0 Å². The fourth-order valence-corrected chi connectivity index (χ4v) is 4.77. The number of hydrogen-bond acceptors (Lipinski definition) is 4. The van der Waals surface area contributed by atoms with Crippen LogP contribution in [0.15, 0.2) is 78.9 Å². The van der Waals surface area contributed by atoms with Gasteiger partial charge in [0.2, 0.25) is 0 Å². The van der Waals surface area contributed by atoms with E-state index in [-0.39, 0.29) is 5.97 Å². The van der Waals surface area contributed by atoms with Gasteiger partial charge in [0.25, 0.3) is 0 Å². The van der Waals surface area contributed by atoms with Gasteiger partial charge in [0.15, 0.2) is 0 Å². The van der Waals surface area contributed by atoms with Crippen molar-refractivity contribution in [2.75, 3.05) is 26.2 Å². The summed E-state index contributed by atoms with van der Waals surface area (Å²) in [7, 11) is 0. The number of ether oxygens (including phenoxy) is 2. The molecular formula is C32H37NO3. The second-order valence-electron chi connectivity index (χ2n) is 9.20. The van der Waals surface area contributed by atoms with E-state index < -0.39 is 0 Å². The zero-order valence-electron chi connectivity index (χ0n) is 21.5. The standard InChI is InChI=1S/C32H37NO3/c1-3-30(25-11-7-5-8-12-25)32(27-15-19-29(20-16-27)36-31(34)4-2)26-13-17-28(18-14-26)35-24-23-33-21-9-6-10-22-33/h5,7-8,11-20H,3-4,6,9-10,21-24H2,1-2H3/b32-30-. The van der Waals surface area contributed by atoms with Crippen LogP contribution in [0.1, 0.15) is 62.6 Å². The van der Waals surface area contributed by atoms with E-state index in [0.717, 1.165) is 29.8 Å². The van der Waals surface area contributed by atoms with Gasteiger partial charge in [-0.15, -0.1) is 0 Å². The Morgan fingerprint density at radius 1 is 0.722 bits per heavy atom. The van der Waals surface area contributed by atoms with Gasteiger partial charge in [0, 0.05) is 13.0 Å². The van der Waals surface area contributed by atoms with Crippen LogP contribution >= 0.6 is 0 Å². The molecule has 4 heteroatoms. The van der Waals surface area contributed by atoms with Crippen LogP contribution in [0, 0.1) is 0 Å². The fraction of sp³-hybridized carbons (Fsp3) is 0.344. The first kappa shape index (κ1) is 25.7. The Balaban J connectivity index is 1.59. The number of benzene rings is 3. The molecule has 0 N–H and O–H groups in total. The normalized spacial score (nSPS) is 14.7. The third kappa shape index (κ3) is 6.86. The molecule has 0 aromatic heterocycles. The minimum atomic E-state index is -0.229. The largest absolute Gasteiger partial charge is 0.492 e. The highest BCUT2D eigenvalue weighted by Gasteiger charge is 2.14. The van der Waals surface area contributed by atoms with E-state index in [4.69, 9.17) is 9.47 Å². The summed E-state index contributed by atoms with van der Waals surface area (Å²) in [6.45, 7) is 8.06. The van der Waals surface area contributed by atoms with Crippen molar-refractivity contribution in [1.29, 1.82) is 0 Å². The van der Waals surface area contributed by atoms with Crippen molar-refractivity contribution in [2.24, 2.45) is 0 Å². The molecule has 1 fully saturated rings. The minimum Gasteiger partial charge on any atom is -0.492 e. The monoisotopic (exact) mass is 483 g/mol. The Morgan fingerprint density at radius 3 is 1.92 bits per heavy atom. The number of carbonyl (C=O) groups is 1. The van der Waals surface area contributed by atoms with Gasteiger partial charge in [-0.05, 0) is 84.5 Å². The molecule has 0 atom stereocenters. The summed E-state index contributed by atoms with van der Waals surface area (Å²) < 4.78 is 11.5. The lowest BCUT2D eigenvalue weighted by Crippen LogP contribution is -2.33. The van der Waals surface area contributed by atoms with Crippen molar-refractivity contribution in [3.8, 4) is 11.5 Å². The molecule has 36 heavy (non-hydrogen) atoms. The lowest BCUT2D eigenvalue weighted by molar-refractivity contribution is -0.134. The number of nitrogens with zero attached hydrogens (tertiary/aromatic N) is 1. The maximum Gasteiger partial charge on any atom is 0.310 e. The molecule has 0 unspecified atom stereocenters. The molecule has 188 valence electrons. The van der Waals surface area contributed by atoms with Crippen LogP contribution in [0.25, 0.3) is 11.1 Å². The highest BCUT2D eigenvalue weighted by molar-refractivity contribution is 5.98. The van der Waals surface area contributed by atoms with Crippen molar-refractivity contribution in [2.45, 2.75) is 46.0 Å². The summed E-state index contributed by atoms with van der Waals surface area (Å²) >= 11 is 0. The number of piperidine rings is 1. The molecule has 3 aromatic carbocycles. The average Bonchev–Trinajstić information content (AvgIpc) is 2.94. The summed E-state index contributed by atoms with van der Waals surface area (Å²) in [4.78, 5) is 14.2. The first-order chi connectivity index (χ1) is 17.7. The van der Waals surface area contributed by atoms with Gasteiger partial charge < -0.3 is 9.47 Å². The third-order valence-corrected chi connectivity index (χ3v) is 6.71. The molecule has 1 aliphatic heterocycles. The molecular weight excluding hydrogens is 446 g/mol. The summed E-state index contributed by atoms with van der Waals surface area (Å²) in [6, 6.07) is 26.8. The van der Waals surface area contributed by atoms with Crippen LogP contribution in [0.5, 0.6) is 11.5 Å². The van der Waals surface area contributed by atoms with Crippen molar-refractivity contribution >= 4 is 17.1 Å². The first-order valence-electron chi connectivity index (χ1n) is 13.2. The lowest BCUT2D eigenvalue weighted by Gasteiger charge is -2.26. The molecule has 0 spiro atoms. The van der Waals surface area contributed by atoms with Crippen LogP contribution in [0.4, 0.5) is 0 Å². The number of likely N-dealkylation sites (tertiary alicyclic amines) is 1. The Labute approximate surface area is 215 Å². The first-order valence-corrected chi connectivity index (χ1v) is 13.2. The topological polar surface area (TPSA) is 38.8 Å². The highest BCUT2D eigenvalue weighted by Crippen LogP contribution is 2.35. The predicted octanol–water partition coefficient (Wildman–Crippen LogP) is 7.24. The van der Waals surface area contributed by atoms with Gasteiger partial charge in [-0.1, -0.05) is 74.9 Å². The third-order valence-electron chi connectivity index (χ3n) is 6.71. The van der Waals surface area contributed by atoms with E-state index in [1.165, 1.54) is 49.1 Å². The molecule has 0 radical (unpaired) electrons. The quantitative estimate of drug-likeness (QED) is 0.173. The number of hydrogen-bond donors (Lipinski definition) is 0. The smallest absolute Gasteiger partial charge is 0.310 e. The fourth-order valence-electron chi connectivity index (χ4n) is 4.77. The summed E-state index contributed by atoms with van der Waals surface area (Å²) in [5, 5.41) is 0. The van der Waals surface area contributed by atoms with Gasteiger partial charge in [-0.2, -0.15) is 0 Å². The summed E-state index contributed by atoms with van der Waals surface area (Å²) in [6.07, 6.45) is 5.19. The van der Waals surface area contributed by atoms with Crippen LogP contribution in [-0.2, 0) is 4.79 Å².